The Bertz CT molecular complexity index is 518. The third kappa shape index (κ3) is 4.19. The summed E-state index contributed by atoms with van der Waals surface area (Å²) in [6.07, 6.45) is 1.23. The molecule has 6 heteroatoms. The Hall–Kier alpha value is -2.08. The Balaban J connectivity index is 1.94. The molecule has 1 atom stereocenters. The lowest BCUT2D eigenvalue weighted by Crippen LogP contribution is -2.27. The highest BCUT2D eigenvalue weighted by Crippen LogP contribution is 2.21. The van der Waals surface area contributed by atoms with E-state index in [1.807, 2.05) is 31.2 Å². The van der Waals surface area contributed by atoms with Gasteiger partial charge in [-0.25, -0.2) is 4.79 Å². The summed E-state index contributed by atoms with van der Waals surface area (Å²) in [5.41, 5.74) is 7.03. The molecule has 1 aliphatic heterocycles. The quantitative estimate of drug-likeness (QED) is 0.742. The van der Waals surface area contributed by atoms with Gasteiger partial charge in [0.1, 0.15) is 0 Å². The predicted octanol–water partition coefficient (Wildman–Crippen LogP) is 1.53. The molecule has 1 fully saturated rings. The number of nitrogens with two attached hydrogens (primary N) is 1. The number of hydrogen-bond acceptors (Lipinski definition) is 3. The second kappa shape index (κ2) is 7.08. The summed E-state index contributed by atoms with van der Waals surface area (Å²) in [5.74, 6) is 0.314. The number of nitrogens with zero attached hydrogens (tertiary/aromatic N) is 1. The molecule has 0 radical (unpaired) electrons. The normalized spacial score (nSPS) is 15.7. The zero-order valence-electron chi connectivity index (χ0n) is 12.3. The molecule has 1 unspecified atom stereocenters. The fourth-order valence-corrected chi connectivity index (χ4v) is 2.19. The summed E-state index contributed by atoms with van der Waals surface area (Å²) < 4.78 is 0. The molecule has 6 nitrogen and oxygen atoms in total. The Morgan fingerprint density at radius 3 is 3.00 bits per heavy atom. The van der Waals surface area contributed by atoms with Crippen molar-refractivity contribution in [1.82, 2.24) is 5.32 Å². The number of hydrogen-bond donors (Lipinski definition) is 3. The number of carbonyl (C=O) groups is 2. The predicted molar refractivity (Wildman–Crippen MR) is 83.3 cm³/mol. The minimum Gasteiger partial charge on any atom is -0.336 e. The van der Waals surface area contributed by atoms with Gasteiger partial charge in [0, 0.05) is 30.9 Å². The van der Waals surface area contributed by atoms with Crippen molar-refractivity contribution in [1.29, 1.82) is 0 Å². The van der Waals surface area contributed by atoms with Crippen LogP contribution in [0.4, 0.5) is 16.2 Å². The van der Waals surface area contributed by atoms with Gasteiger partial charge >= 0.3 is 6.03 Å². The van der Waals surface area contributed by atoms with Gasteiger partial charge in [-0.15, -0.1) is 0 Å². The van der Waals surface area contributed by atoms with Gasteiger partial charge in [0.05, 0.1) is 0 Å². The van der Waals surface area contributed by atoms with E-state index in [9.17, 15) is 9.59 Å². The Morgan fingerprint density at radius 2 is 2.33 bits per heavy atom. The van der Waals surface area contributed by atoms with E-state index in [1.54, 1.807) is 4.90 Å². The fraction of sp³-hybridized carbons (Fsp3) is 0.467. The molecule has 0 saturated carbocycles. The van der Waals surface area contributed by atoms with Crippen molar-refractivity contribution in [3.63, 3.8) is 0 Å². The van der Waals surface area contributed by atoms with Crippen molar-refractivity contribution < 1.29 is 9.59 Å². The third-order valence-electron chi connectivity index (χ3n) is 3.56. The van der Waals surface area contributed by atoms with Gasteiger partial charge in [-0.1, -0.05) is 13.0 Å². The maximum absolute atomic E-state index is 11.9. The minimum absolute atomic E-state index is 0.0293. The Labute approximate surface area is 124 Å². The van der Waals surface area contributed by atoms with E-state index in [1.165, 1.54) is 0 Å². The second-order valence-electron chi connectivity index (χ2n) is 5.36. The largest absolute Gasteiger partial charge is 0.336 e. The van der Waals surface area contributed by atoms with Crippen molar-refractivity contribution in [3.8, 4) is 0 Å². The molecule has 0 aliphatic carbocycles. The van der Waals surface area contributed by atoms with Crippen molar-refractivity contribution in [3.05, 3.63) is 24.3 Å². The average molecular weight is 290 g/mol. The van der Waals surface area contributed by atoms with Crippen LogP contribution in [0, 0.1) is 5.92 Å². The van der Waals surface area contributed by atoms with Gasteiger partial charge in [-0.3, -0.25) is 9.69 Å². The fourth-order valence-electron chi connectivity index (χ4n) is 2.19. The summed E-state index contributed by atoms with van der Waals surface area (Å²) >= 11 is 0. The summed E-state index contributed by atoms with van der Waals surface area (Å²) in [6.45, 7) is 3.91. The van der Waals surface area contributed by atoms with Crippen LogP contribution in [0.1, 0.15) is 19.8 Å². The number of amides is 3. The third-order valence-corrected chi connectivity index (χ3v) is 3.56. The number of nitrogens with one attached hydrogen (secondary N) is 2. The molecule has 0 bridgehead atoms. The number of rotatable bonds is 6. The van der Waals surface area contributed by atoms with E-state index in [-0.39, 0.29) is 11.9 Å². The van der Waals surface area contributed by atoms with Crippen LogP contribution in [-0.4, -0.2) is 31.6 Å². The smallest absolute Gasteiger partial charge is 0.321 e. The van der Waals surface area contributed by atoms with Crippen LogP contribution < -0.4 is 21.3 Å². The van der Waals surface area contributed by atoms with E-state index in [0.717, 1.165) is 12.1 Å². The summed E-state index contributed by atoms with van der Waals surface area (Å²) in [6, 6.07) is 7.22. The van der Waals surface area contributed by atoms with Gasteiger partial charge in [-0.2, -0.15) is 0 Å². The molecule has 1 heterocycles. The molecule has 1 saturated heterocycles. The minimum atomic E-state index is -0.102. The lowest BCUT2D eigenvalue weighted by molar-refractivity contribution is -0.116. The van der Waals surface area contributed by atoms with E-state index < -0.39 is 0 Å². The van der Waals surface area contributed by atoms with Crippen LogP contribution in [-0.2, 0) is 4.79 Å². The van der Waals surface area contributed by atoms with Crippen LogP contribution in [0.3, 0.4) is 0 Å². The zero-order valence-corrected chi connectivity index (χ0v) is 12.3. The lowest BCUT2D eigenvalue weighted by atomic mass is 10.1. The number of carbonyl (C=O) groups excluding carboxylic acids is 2. The Morgan fingerprint density at radius 1 is 1.52 bits per heavy atom. The van der Waals surface area contributed by atoms with Crippen molar-refractivity contribution in [2.75, 3.05) is 29.9 Å². The van der Waals surface area contributed by atoms with Gasteiger partial charge in [0.25, 0.3) is 0 Å². The van der Waals surface area contributed by atoms with Crippen LogP contribution in [0.2, 0.25) is 0 Å². The maximum atomic E-state index is 11.9. The summed E-state index contributed by atoms with van der Waals surface area (Å²) in [5, 5.41) is 5.62. The van der Waals surface area contributed by atoms with Crippen molar-refractivity contribution in [2.24, 2.45) is 11.7 Å². The highest BCUT2D eigenvalue weighted by atomic mass is 16.2. The lowest BCUT2D eigenvalue weighted by Gasteiger charge is -2.15. The molecular formula is C15H22N4O2. The molecule has 114 valence electrons. The Kier molecular flexibility index (Phi) is 5.16. The first kappa shape index (κ1) is 15.3. The highest BCUT2D eigenvalue weighted by Gasteiger charge is 2.21. The van der Waals surface area contributed by atoms with Gasteiger partial charge in [0.2, 0.25) is 5.91 Å². The van der Waals surface area contributed by atoms with Gasteiger partial charge in [-0.05, 0) is 37.1 Å². The number of urea groups is 1. The summed E-state index contributed by atoms with van der Waals surface area (Å²) in [7, 11) is 0. The molecule has 0 spiro atoms. The molecule has 21 heavy (non-hydrogen) atoms. The molecule has 4 N–H and O–H groups in total. The van der Waals surface area contributed by atoms with Crippen molar-refractivity contribution in [2.45, 2.75) is 19.8 Å². The molecule has 2 rings (SSSR count). The van der Waals surface area contributed by atoms with Gasteiger partial charge in [0.15, 0.2) is 0 Å². The van der Waals surface area contributed by atoms with E-state index in [4.69, 9.17) is 5.73 Å². The molecular weight excluding hydrogens is 268 g/mol. The van der Waals surface area contributed by atoms with Gasteiger partial charge < -0.3 is 16.4 Å². The first-order valence-corrected chi connectivity index (χ1v) is 7.25. The van der Waals surface area contributed by atoms with Crippen LogP contribution in [0.25, 0.3) is 0 Å². The van der Waals surface area contributed by atoms with E-state index in [0.29, 0.717) is 37.7 Å². The molecule has 1 aliphatic rings. The molecule has 0 aromatic heterocycles. The average Bonchev–Trinajstić information content (AvgIpc) is 2.91. The SMILES string of the molecule is CC(CN)CCC(=O)Nc1cccc(N2CCNC2=O)c1. The molecule has 1 aromatic rings. The zero-order chi connectivity index (χ0) is 15.2. The standard InChI is InChI=1S/C15H22N4O2/c1-11(10-16)5-6-14(20)18-12-3-2-4-13(9-12)19-8-7-17-15(19)21/h2-4,9,11H,5-8,10,16H2,1H3,(H,17,21)(H,18,20). The van der Waals surface area contributed by atoms with Crippen LogP contribution >= 0.6 is 0 Å². The van der Waals surface area contributed by atoms with Crippen molar-refractivity contribution >= 4 is 23.3 Å². The maximum Gasteiger partial charge on any atom is 0.321 e. The highest BCUT2D eigenvalue weighted by molar-refractivity contribution is 5.96. The monoisotopic (exact) mass is 290 g/mol. The van der Waals surface area contributed by atoms with E-state index >= 15 is 0 Å². The van der Waals surface area contributed by atoms with Crippen LogP contribution in [0.15, 0.2) is 24.3 Å². The van der Waals surface area contributed by atoms with Crippen LogP contribution in [0.5, 0.6) is 0 Å². The second-order valence-corrected chi connectivity index (χ2v) is 5.36. The number of anilines is 2. The number of benzene rings is 1. The molecule has 1 aromatic carbocycles. The molecule has 3 amide bonds. The first-order valence-electron chi connectivity index (χ1n) is 7.25. The summed E-state index contributed by atoms with van der Waals surface area (Å²) in [4.78, 5) is 25.2. The van der Waals surface area contributed by atoms with E-state index in [2.05, 4.69) is 10.6 Å². The topological polar surface area (TPSA) is 87.5 Å². The first-order chi connectivity index (χ1) is 10.1.